The van der Waals surface area contributed by atoms with E-state index in [1.807, 2.05) is 25.8 Å². The molecule has 0 aliphatic carbocycles. The molecule has 1 aromatic rings. The van der Waals surface area contributed by atoms with Crippen LogP contribution in [0.25, 0.3) is 0 Å². The first kappa shape index (κ1) is 12.2. The molecule has 0 radical (unpaired) electrons. The van der Waals surface area contributed by atoms with Gasteiger partial charge in [0.2, 0.25) is 0 Å². The number of nitrogens with two attached hydrogens (primary N) is 1. The van der Waals surface area contributed by atoms with Crippen LogP contribution in [0.3, 0.4) is 0 Å². The van der Waals surface area contributed by atoms with Crippen LogP contribution >= 0.6 is 0 Å². The molecule has 16 heavy (non-hydrogen) atoms. The Labute approximate surface area is 94.8 Å². The molecule has 0 aromatic carbocycles. The van der Waals surface area contributed by atoms with Crippen LogP contribution in [0, 0.1) is 13.8 Å². The van der Waals surface area contributed by atoms with Gasteiger partial charge in [0.15, 0.2) is 0 Å². The first-order valence-electron chi connectivity index (χ1n) is 5.02. The van der Waals surface area contributed by atoms with E-state index in [2.05, 4.69) is 15.1 Å². The fourth-order valence-corrected chi connectivity index (χ4v) is 1.32. The highest BCUT2D eigenvalue weighted by molar-refractivity contribution is 5.80. The summed E-state index contributed by atoms with van der Waals surface area (Å²) in [4.78, 5) is 10.6. The molecule has 6 heteroatoms. The molecule has 0 unspecified atom stereocenters. The van der Waals surface area contributed by atoms with Crippen LogP contribution in [-0.2, 0) is 0 Å². The standard InChI is InChI=1S/C10H17N5O/c1-7-6-12-8(2)10(13-7)15(3)5-4-9(11)14-16/h6,16H,4-5H2,1-3H3,(H2,11,14). The van der Waals surface area contributed by atoms with Gasteiger partial charge in [-0.2, -0.15) is 0 Å². The second-order valence-electron chi connectivity index (χ2n) is 3.68. The smallest absolute Gasteiger partial charge is 0.150 e. The molecular weight excluding hydrogens is 206 g/mol. The van der Waals surface area contributed by atoms with Crippen molar-refractivity contribution in [2.45, 2.75) is 20.3 Å². The molecule has 0 aliphatic heterocycles. The van der Waals surface area contributed by atoms with Gasteiger partial charge in [-0.15, -0.1) is 0 Å². The molecule has 0 spiro atoms. The molecule has 0 amide bonds. The molecule has 1 heterocycles. The average molecular weight is 223 g/mol. The zero-order chi connectivity index (χ0) is 12.1. The van der Waals surface area contributed by atoms with Gasteiger partial charge in [-0.3, -0.25) is 4.98 Å². The van der Waals surface area contributed by atoms with Crippen LogP contribution in [0.4, 0.5) is 5.82 Å². The number of aryl methyl sites for hydroxylation is 2. The third-order valence-electron chi connectivity index (χ3n) is 2.24. The fourth-order valence-electron chi connectivity index (χ4n) is 1.32. The molecular formula is C10H17N5O. The molecule has 0 aliphatic rings. The third-order valence-corrected chi connectivity index (χ3v) is 2.24. The predicted molar refractivity (Wildman–Crippen MR) is 62.8 cm³/mol. The molecule has 1 rings (SSSR count). The largest absolute Gasteiger partial charge is 0.409 e. The normalized spacial score (nSPS) is 11.6. The van der Waals surface area contributed by atoms with E-state index in [1.54, 1.807) is 6.20 Å². The lowest BCUT2D eigenvalue weighted by atomic mass is 10.3. The van der Waals surface area contributed by atoms with Crippen molar-refractivity contribution in [1.82, 2.24) is 9.97 Å². The van der Waals surface area contributed by atoms with Crippen LogP contribution in [0.5, 0.6) is 0 Å². The van der Waals surface area contributed by atoms with Crippen molar-refractivity contribution >= 4 is 11.7 Å². The number of hydrogen-bond acceptors (Lipinski definition) is 5. The minimum atomic E-state index is 0.213. The molecule has 0 atom stereocenters. The van der Waals surface area contributed by atoms with Gasteiger partial charge in [0.05, 0.1) is 11.4 Å². The number of aromatic nitrogens is 2. The van der Waals surface area contributed by atoms with Gasteiger partial charge in [-0.05, 0) is 13.8 Å². The van der Waals surface area contributed by atoms with Crippen molar-refractivity contribution in [3.8, 4) is 0 Å². The lowest BCUT2D eigenvalue weighted by Crippen LogP contribution is -2.26. The van der Waals surface area contributed by atoms with Gasteiger partial charge in [-0.1, -0.05) is 5.16 Å². The first-order chi connectivity index (χ1) is 7.54. The lowest BCUT2D eigenvalue weighted by molar-refractivity contribution is 0.317. The van der Waals surface area contributed by atoms with Gasteiger partial charge >= 0.3 is 0 Å². The van der Waals surface area contributed by atoms with Gasteiger partial charge < -0.3 is 15.8 Å². The Morgan fingerprint density at radius 3 is 2.88 bits per heavy atom. The fraction of sp³-hybridized carbons (Fsp3) is 0.500. The highest BCUT2D eigenvalue weighted by atomic mass is 16.4. The number of amidine groups is 1. The van der Waals surface area contributed by atoms with E-state index in [0.717, 1.165) is 17.2 Å². The summed E-state index contributed by atoms with van der Waals surface area (Å²) >= 11 is 0. The van der Waals surface area contributed by atoms with E-state index in [0.29, 0.717) is 13.0 Å². The van der Waals surface area contributed by atoms with Gasteiger partial charge in [0.1, 0.15) is 11.7 Å². The van der Waals surface area contributed by atoms with E-state index in [4.69, 9.17) is 10.9 Å². The predicted octanol–water partition coefficient (Wildman–Crippen LogP) is 0.666. The Morgan fingerprint density at radius 1 is 1.56 bits per heavy atom. The molecule has 0 saturated carbocycles. The molecule has 3 N–H and O–H groups in total. The van der Waals surface area contributed by atoms with Crippen molar-refractivity contribution in [2.75, 3.05) is 18.5 Å². The van der Waals surface area contributed by atoms with Crippen LogP contribution in [0.2, 0.25) is 0 Å². The highest BCUT2D eigenvalue weighted by Gasteiger charge is 2.08. The van der Waals surface area contributed by atoms with Gasteiger partial charge in [-0.25, -0.2) is 4.98 Å². The molecule has 6 nitrogen and oxygen atoms in total. The maximum atomic E-state index is 8.43. The number of rotatable bonds is 4. The Kier molecular flexibility index (Phi) is 4.04. The highest BCUT2D eigenvalue weighted by Crippen LogP contribution is 2.13. The molecule has 0 fully saturated rings. The van der Waals surface area contributed by atoms with Gasteiger partial charge in [0, 0.05) is 26.2 Å². The summed E-state index contributed by atoms with van der Waals surface area (Å²) in [6, 6.07) is 0. The lowest BCUT2D eigenvalue weighted by Gasteiger charge is -2.19. The Bertz CT molecular complexity index is 391. The summed E-state index contributed by atoms with van der Waals surface area (Å²) in [7, 11) is 1.90. The summed E-state index contributed by atoms with van der Waals surface area (Å²) in [6.07, 6.45) is 2.22. The summed E-state index contributed by atoms with van der Waals surface area (Å²) < 4.78 is 0. The van der Waals surface area contributed by atoms with E-state index < -0.39 is 0 Å². The quantitative estimate of drug-likeness (QED) is 0.339. The Hall–Kier alpha value is -1.85. The molecule has 0 bridgehead atoms. The zero-order valence-corrected chi connectivity index (χ0v) is 9.80. The number of oxime groups is 1. The maximum Gasteiger partial charge on any atom is 0.150 e. The van der Waals surface area contributed by atoms with Crippen LogP contribution in [-0.4, -0.2) is 34.6 Å². The summed E-state index contributed by atoms with van der Waals surface area (Å²) in [5.74, 6) is 1.04. The molecule has 1 aromatic heterocycles. The topological polar surface area (TPSA) is 87.6 Å². The van der Waals surface area contributed by atoms with Crippen molar-refractivity contribution in [3.63, 3.8) is 0 Å². The van der Waals surface area contributed by atoms with Gasteiger partial charge in [0.25, 0.3) is 0 Å². The summed E-state index contributed by atoms with van der Waals surface area (Å²) in [6.45, 7) is 4.43. The van der Waals surface area contributed by atoms with Crippen LogP contribution < -0.4 is 10.6 Å². The number of nitrogens with zero attached hydrogens (tertiary/aromatic N) is 4. The van der Waals surface area contributed by atoms with E-state index >= 15 is 0 Å². The van der Waals surface area contributed by atoms with Crippen molar-refractivity contribution in [2.24, 2.45) is 10.9 Å². The molecule has 0 saturated heterocycles. The monoisotopic (exact) mass is 223 g/mol. The van der Waals surface area contributed by atoms with Crippen molar-refractivity contribution in [3.05, 3.63) is 17.6 Å². The Morgan fingerprint density at radius 2 is 2.25 bits per heavy atom. The minimum Gasteiger partial charge on any atom is -0.409 e. The second-order valence-corrected chi connectivity index (χ2v) is 3.68. The number of hydrogen-bond donors (Lipinski definition) is 2. The maximum absolute atomic E-state index is 8.43. The van der Waals surface area contributed by atoms with Crippen LogP contribution in [0.15, 0.2) is 11.4 Å². The third kappa shape index (κ3) is 3.08. The second kappa shape index (κ2) is 5.29. The van der Waals surface area contributed by atoms with Crippen molar-refractivity contribution in [1.29, 1.82) is 0 Å². The summed E-state index contributed by atoms with van der Waals surface area (Å²) in [5, 5.41) is 11.4. The van der Waals surface area contributed by atoms with Crippen molar-refractivity contribution < 1.29 is 5.21 Å². The first-order valence-corrected chi connectivity index (χ1v) is 5.02. The van der Waals surface area contributed by atoms with E-state index in [1.165, 1.54) is 0 Å². The Balaban J connectivity index is 2.72. The van der Waals surface area contributed by atoms with E-state index in [-0.39, 0.29) is 5.84 Å². The summed E-state index contributed by atoms with van der Waals surface area (Å²) in [5.41, 5.74) is 7.14. The SMILES string of the molecule is Cc1cnc(C)c(N(C)CCC(N)=NO)n1. The van der Waals surface area contributed by atoms with E-state index in [9.17, 15) is 0 Å². The average Bonchev–Trinajstić information content (AvgIpc) is 2.28. The zero-order valence-electron chi connectivity index (χ0n) is 9.80. The number of anilines is 1. The minimum absolute atomic E-state index is 0.213. The van der Waals surface area contributed by atoms with Crippen LogP contribution in [0.1, 0.15) is 17.8 Å². The molecule has 88 valence electrons.